The summed E-state index contributed by atoms with van der Waals surface area (Å²) in [7, 11) is 1.99. The molecule has 0 amide bonds. The van der Waals surface area contributed by atoms with Gasteiger partial charge in [0, 0.05) is 31.4 Å². The van der Waals surface area contributed by atoms with Crippen LogP contribution >= 0.6 is 24.0 Å². The highest BCUT2D eigenvalue weighted by molar-refractivity contribution is 14.0. The van der Waals surface area contributed by atoms with Gasteiger partial charge in [-0.25, -0.2) is 4.99 Å². The number of aromatic nitrogens is 2. The number of hydrogen-bond donors (Lipinski definition) is 2. The van der Waals surface area contributed by atoms with E-state index >= 15 is 0 Å². The van der Waals surface area contributed by atoms with Crippen LogP contribution in [0.1, 0.15) is 68.8 Å². The second-order valence-electron chi connectivity index (χ2n) is 7.04. The van der Waals surface area contributed by atoms with Gasteiger partial charge in [0.05, 0.1) is 12.2 Å². The van der Waals surface area contributed by atoms with Crippen LogP contribution in [-0.4, -0.2) is 28.8 Å². The van der Waals surface area contributed by atoms with Gasteiger partial charge < -0.3 is 10.6 Å². The van der Waals surface area contributed by atoms with Crippen molar-refractivity contribution >= 4 is 29.9 Å². The molecule has 0 spiro atoms. The Balaban J connectivity index is 0.00000312. The van der Waals surface area contributed by atoms with Gasteiger partial charge in [-0.05, 0) is 39.5 Å². The van der Waals surface area contributed by atoms with E-state index < -0.39 is 0 Å². The van der Waals surface area contributed by atoms with Crippen LogP contribution in [0.25, 0.3) is 0 Å². The maximum absolute atomic E-state index is 4.74. The van der Waals surface area contributed by atoms with Crippen molar-refractivity contribution in [2.75, 3.05) is 13.1 Å². The molecule has 144 valence electrons. The zero-order valence-electron chi connectivity index (χ0n) is 16.4. The Bertz CT molecular complexity index is 532. The van der Waals surface area contributed by atoms with Crippen LogP contribution in [0, 0.1) is 19.8 Å². The molecule has 0 unspecified atom stereocenters. The summed E-state index contributed by atoms with van der Waals surface area (Å²) in [6.07, 6.45) is 9.78. The van der Waals surface area contributed by atoms with E-state index in [-0.39, 0.29) is 24.0 Å². The molecule has 1 aromatic rings. The number of nitrogens with zero attached hydrogens (tertiary/aromatic N) is 3. The van der Waals surface area contributed by atoms with E-state index in [4.69, 9.17) is 4.99 Å². The number of aliphatic imine (C=N–C) groups is 1. The Labute approximate surface area is 170 Å². The lowest BCUT2D eigenvalue weighted by molar-refractivity contribution is 0.332. The zero-order chi connectivity index (χ0) is 17.4. The van der Waals surface area contributed by atoms with Gasteiger partial charge in [0.15, 0.2) is 5.96 Å². The molecule has 0 atom stereocenters. The fourth-order valence-corrected chi connectivity index (χ4v) is 3.62. The van der Waals surface area contributed by atoms with Crippen molar-refractivity contribution in [1.29, 1.82) is 0 Å². The van der Waals surface area contributed by atoms with Crippen LogP contribution in [0.5, 0.6) is 0 Å². The minimum atomic E-state index is 0. The highest BCUT2D eigenvalue weighted by Gasteiger charge is 2.13. The summed E-state index contributed by atoms with van der Waals surface area (Å²) >= 11 is 0. The van der Waals surface area contributed by atoms with Crippen molar-refractivity contribution in [3.63, 3.8) is 0 Å². The molecule has 1 heterocycles. The molecule has 1 aliphatic rings. The van der Waals surface area contributed by atoms with Gasteiger partial charge in [0.25, 0.3) is 0 Å². The molecule has 2 N–H and O–H groups in total. The van der Waals surface area contributed by atoms with Crippen LogP contribution in [0.15, 0.2) is 4.99 Å². The van der Waals surface area contributed by atoms with Gasteiger partial charge in [-0.1, -0.05) is 32.1 Å². The first-order valence-corrected chi connectivity index (χ1v) is 9.63. The first-order valence-electron chi connectivity index (χ1n) is 9.63. The summed E-state index contributed by atoms with van der Waals surface area (Å²) in [5.41, 5.74) is 3.51. The van der Waals surface area contributed by atoms with E-state index in [2.05, 4.69) is 36.5 Å². The zero-order valence-corrected chi connectivity index (χ0v) is 18.7. The third-order valence-corrected chi connectivity index (χ3v) is 5.20. The fraction of sp³-hybridized carbons (Fsp3) is 0.789. The molecule has 0 aromatic carbocycles. The molecular weight excluding hydrogens is 425 g/mol. The fourth-order valence-electron chi connectivity index (χ4n) is 3.62. The predicted molar refractivity (Wildman–Crippen MR) is 117 cm³/mol. The number of aryl methyl sites for hydroxylation is 2. The van der Waals surface area contributed by atoms with E-state index in [0.29, 0.717) is 6.54 Å². The highest BCUT2D eigenvalue weighted by Crippen LogP contribution is 2.26. The lowest BCUT2D eigenvalue weighted by Crippen LogP contribution is -2.37. The maximum Gasteiger partial charge on any atom is 0.191 e. The van der Waals surface area contributed by atoms with E-state index in [0.717, 1.165) is 30.7 Å². The Hall–Kier alpha value is -0.790. The average Bonchev–Trinajstić information content (AvgIpc) is 2.82. The lowest BCUT2D eigenvalue weighted by atomic mass is 9.86. The lowest BCUT2D eigenvalue weighted by Gasteiger charge is -2.21. The normalized spacial score (nSPS) is 15.8. The largest absolute Gasteiger partial charge is 0.357 e. The van der Waals surface area contributed by atoms with Crippen molar-refractivity contribution in [1.82, 2.24) is 20.4 Å². The number of rotatable bonds is 7. The Morgan fingerprint density at radius 3 is 2.52 bits per heavy atom. The summed E-state index contributed by atoms with van der Waals surface area (Å²) in [5.74, 6) is 1.88. The number of guanidine groups is 1. The monoisotopic (exact) mass is 461 g/mol. The maximum atomic E-state index is 4.74. The second-order valence-corrected chi connectivity index (χ2v) is 7.04. The van der Waals surface area contributed by atoms with E-state index in [9.17, 15) is 0 Å². The highest BCUT2D eigenvalue weighted by atomic mass is 127. The van der Waals surface area contributed by atoms with Crippen molar-refractivity contribution in [2.24, 2.45) is 18.0 Å². The molecule has 2 rings (SSSR count). The summed E-state index contributed by atoms with van der Waals surface area (Å²) in [6, 6.07) is 0. The summed E-state index contributed by atoms with van der Waals surface area (Å²) in [4.78, 5) is 4.74. The average molecular weight is 461 g/mol. The molecule has 1 fully saturated rings. The van der Waals surface area contributed by atoms with Crippen LogP contribution in [0.2, 0.25) is 0 Å². The SMILES string of the molecule is CCNC(=NCc1c(C)nn(C)c1C)NCCCC1CCCCC1.I. The molecule has 0 saturated heterocycles. The predicted octanol–water partition coefficient (Wildman–Crippen LogP) is 4.07. The molecule has 5 nitrogen and oxygen atoms in total. The third-order valence-electron chi connectivity index (χ3n) is 5.20. The Morgan fingerprint density at radius 2 is 1.92 bits per heavy atom. The molecule has 0 aliphatic heterocycles. The number of halogens is 1. The van der Waals surface area contributed by atoms with Crippen molar-refractivity contribution in [3.8, 4) is 0 Å². The van der Waals surface area contributed by atoms with Crippen LogP contribution < -0.4 is 10.6 Å². The quantitative estimate of drug-likeness (QED) is 0.279. The Kier molecular flexibility index (Phi) is 10.5. The topological polar surface area (TPSA) is 54.2 Å². The van der Waals surface area contributed by atoms with Crippen LogP contribution in [-0.2, 0) is 13.6 Å². The molecule has 1 aromatic heterocycles. The number of hydrogen-bond acceptors (Lipinski definition) is 2. The first-order chi connectivity index (χ1) is 11.6. The van der Waals surface area contributed by atoms with Gasteiger partial charge in [-0.3, -0.25) is 4.68 Å². The number of nitrogens with one attached hydrogen (secondary N) is 2. The van der Waals surface area contributed by atoms with Crippen molar-refractivity contribution in [3.05, 3.63) is 17.0 Å². The van der Waals surface area contributed by atoms with E-state index in [1.54, 1.807) is 0 Å². The standard InChI is InChI=1S/C19H35N5.HI/c1-5-20-19(21-13-9-12-17-10-7-6-8-11-17)22-14-18-15(2)23-24(4)16(18)3;/h17H,5-14H2,1-4H3,(H2,20,21,22);1H. The van der Waals surface area contributed by atoms with Crippen molar-refractivity contribution in [2.45, 2.75) is 72.3 Å². The minimum absolute atomic E-state index is 0. The molecular formula is C19H36IN5. The molecule has 1 saturated carbocycles. The molecule has 25 heavy (non-hydrogen) atoms. The van der Waals surface area contributed by atoms with Crippen LogP contribution in [0.4, 0.5) is 0 Å². The van der Waals surface area contributed by atoms with Crippen molar-refractivity contribution < 1.29 is 0 Å². The second kappa shape index (κ2) is 11.8. The Morgan fingerprint density at radius 1 is 1.20 bits per heavy atom. The molecule has 6 heteroatoms. The smallest absolute Gasteiger partial charge is 0.191 e. The van der Waals surface area contributed by atoms with Gasteiger partial charge in [-0.2, -0.15) is 5.10 Å². The van der Waals surface area contributed by atoms with Gasteiger partial charge >= 0.3 is 0 Å². The van der Waals surface area contributed by atoms with Crippen LogP contribution in [0.3, 0.4) is 0 Å². The summed E-state index contributed by atoms with van der Waals surface area (Å²) in [5, 5.41) is 11.3. The van der Waals surface area contributed by atoms with Gasteiger partial charge in [0.2, 0.25) is 0 Å². The first kappa shape index (κ1) is 22.3. The van der Waals surface area contributed by atoms with E-state index in [1.807, 2.05) is 11.7 Å². The van der Waals surface area contributed by atoms with E-state index in [1.165, 1.54) is 56.2 Å². The third kappa shape index (κ3) is 7.15. The molecule has 0 radical (unpaired) electrons. The minimum Gasteiger partial charge on any atom is -0.357 e. The van der Waals surface area contributed by atoms with Gasteiger partial charge in [-0.15, -0.1) is 24.0 Å². The molecule has 1 aliphatic carbocycles. The molecule has 0 bridgehead atoms. The summed E-state index contributed by atoms with van der Waals surface area (Å²) in [6.45, 7) is 8.85. The van der Waals surface area contributed by atoms with Gasteiger partial charge in [0.1, 0.15) is 0 Å². The summed E-state index contributed by atoms with van der Waals surface area (Å²) < 4.78 is 1.94.